The number of nitrogens with zero attached hydrogens (tertiary/aromatic N) is 2. The van der Waals surface area contributed by atoms with Crippen LogP contribution in [0.5, 0.6) is 0 Å². The minimum absolute atomic E-state index is 0.0118. The predicted molar refractivity (Wildman–Crippen MR) is 139 cm³/mol. The second kappa shape index (κ2) is 10.5. The van der Waals surface area contributed by atoms with Crippen LogP contribution in [0, 0.1) is 0 Å². The molecule has 3 amide bonds. The van der Waals surface area contributed by atoms with E-state index in [9.17, 15) is 14.4 Å². The molecule has 0 spiro atoms. The first-order valence-electron chi connectivity index (χ1n) is 11.3. The molecule has 1 aliphatic rings. The van der Waals surface area contributed by atoms with Crippen molar-refractivity contribution in [3.8, 4) is 0 Å². The predicted octanol–water partition coefficient (Wildman–Crippen LogP) is 6.21. The summed E-state index contributed by atoms with van der Waals surface area (Å²) in [5.41, 5.74) is 3.15. The van der Waals surface area contributed by atoms with Crippen LogP contribution in [-0.4, -0.2) is 36.2 Å². The van der Waals surface area contributed by atoms with Crippen molar-refractivity contribution in [2.45, 2.75) is 25.8 Å². The van der Waals surface area contributed by atoms with Crippen LogP contribution in [-0.2, 0) is 4.79 Å². The summed E-state index contributed by atoms with van der Waals surface area (Å²) in [5.74, 6) is -0.499. The van der Waals surface area contributed by atoms with E-state index in [1.54, 1.807) is 54.1 Å². The molecule has 0 aliphatic carbocycles. The third-order valence-corrected chi connectivity index (χ3v) is 6.61. The number of benzene rings is 3. The summed E-state index contributed by atoms with van der Waals surface area (Å²) in [6.45, 7) is 2.10. The molecule has 180 valence electrons. The number of nitrogens with one attached hydrogen (secondary N) is 1. The molecule has 4 rings (SSSR count). The molecule has 1 aliphatic heterocycles. The summed E-state index contributed by atoms with van der Waals surface area (Å²) in [4.78, 5) is 41.6. The highest BCUT2D eigenvalue weighted by Crippen LogP contribution is 2.36. The largest absolute Gasteiger partial charge is 0.339 e. The van der Waals surface area contributed by atoms with E-state index in [4.69, 9.17) is 23.2 Å². The van der Waals surface area contributed by atoms with Crippen LogP contribution in [0.4, 0.5) is 11.4 Å². The molecule has 0 fully saturated rings. The Morgan fingerprint density at radius 3 is 2.26 bits per heavy atom. The number of fused-ring (bicyclic) bond motifs is 1. The number of hydrogen-bond donors (Lipinski definition) is 1. The van der Waals surface area contributed by atoms with Crippen LogP contribution < -0.4 is 10.2 Å². The van der Waals surface area contributed by atoms with Gasteiger partial charge in [0.2, 0.25) is 5.91 Å². The van der Waals surface area contributed by atoms with Gasteiger partial charge in [0.25, 0.3) is 11.8 Å². The molecule has 0 radical (unpaired) electrons. The van der Waals surface area contributed by atoms with E-state index in [1.807, 2.05) is 24.3 Å². The molecule has 3 aromatic rings. The third kappa shape index (κ3) is 5.50. The van der Waals surface area contributed by atoms with Crippen LogP contribution in [0.1, 0.15) is 52.1 Å². The first kappa shape index (κ1) is 24.8. The van der Waals surface area contributed by atoms with Crippen LogP contribution in [0.25, 0.3) is 0 Å². The van der Waals surface area contributed by atoms with Crippen molar-refractivity contribution in [2.75, 3.05) is 23.8 Å². The van der Waals surface area contributed by atoms with Gasteiger partial charge < -0.3 is 15.1 Å². The monoisotopic (exact) mass is 509 g/mol. The van der Waals surface area contributed by atoms with Gasteiger partial charge in [-0.15, -0.1) is 0 Å². The van der Waals surface area contributed by atoms with E-state index in [2.05, 4.69) is 5.32 Å². The summed E-state index contributed by atoms with van der Waals surface area (Å²) in [6.07, 6.45) is 1.54. The van der Waals surface area contributed by atoms with Crippen LogP contribution in [0.2, 0.25) is 10.0 Å². The Morgan fingerprint density at radius 1 is 0.943 bits per heavy atom. The molecule has 1 N–H and O–H groups in total. The highest BCUT2D eigenvalue weighted by Gasteiger charge is 2.29. The molecular formula is C27H25Cl2N3O3. The average Bonchev–Trinajstić information content (AvgIpc) is 3.02. The van der Waals surface area contributed by atoms with Crippen LogP contribution in [0.15, 0.2) is 66.7 Å². The van der Waals surface area contributed by atoms with Gasteiger partial charge in [0.05, 0.1) is 6.04 Å². The zero-order valence-corrected chi connectivity index (χ0v) is 20.9. The number of carbonyl (C=O) groups is 3. The quantitative estimate of drug-likeness (QED) is 0.454. The highest BCUT2D eigenvalue weighted by molar-refractivity contribution is 6.35. The molecule has 0 saturated carbocycles. The van der Waals surface area contributed by atoms with Crippen molar-refractivity contribution in [2.24, 2.45) is 0 Å². The van der Waals surface area contributed by atoms with E-state index in [0.29, 0.717) is 33.4 Å². The first-order chi connectivity index (χ1) is 16.7. The summed E-state index contributed by atoms with van der Waals surface area (Å²) in [5, 5.41) is 3.54. The number of hydrogen-bond acceptors (Lipinski definition) is 3. The van der Waals surface area contributed by atoms with E-state index in [1.165, 1.54) is 12.1 Å². The number of carbonyl (C=O) groups excluding carboxylic acids is 3. The Kier molecular flexibility index (Phi) is 7.43. The van der Waals surface area contributed by atoms with Crippen molar-refractivity contribution in [1.82, 2.24) is 4.90 Å². The van der Waals surface area contributed by atoms with Crippen molar-refractivity contribution >= 4 is 52.3 Å². The van der Waals surface area contributed by atoms with Gasteiger partial charge in [-0.25, -0.2) is 0 Å². The van der Waals surface area contributed by atoms with Crippen molar-refractivity contribution in [3.63, 3.8) is 0 Å². The molecule has 0 aromatic heterocycles. The lowest BCUT2D eigenvalue weighted by molar-refractivity contribution is -0.129. The first-order valence-corrected chi connectivity index (χ1v) is 12.0. The van der Waals surface area contributed by atoms with Crippen molar-refractivity contribution in [1.29, 1.82) is 0 Å². The Hall–Kier alpha value is -3.35. The summed E-state index contributed by atoms with van der Waals surface area (Å²) in [6, 6.07) is 19.0. The fraction of sp³-hybridized carbons (Fsp3) is 0.222. The summed E-state index contributed by atoms with van der Waals surface area (Å²) >= 11 is 12.0. The smallest absolute Gasteiger partial charge is 0.258 e. The van der Waals surface area contributed by atoms with Crippen LogP contribution >= 0.6 is 23.2 Å². The standard InChI is InChI=1S/C27H25Cl2N3O3/c1-17(33)31(2)24-8-5-13-32(25-7-4-3-6-23(24)25)27(35)18-9-11-22(12-10-18)30-26(34)19-14-20(28)16-21(29)15-19/h3-4,6-7,9-12,14-16,24H,5,8,13H2,1-2H3,(H,30,34). The molecule has 8 heteroatoms. The maximum atomic E-state index is 13.5. The van der Waals surface area contributed by atoms with Gasteiger partial charge in [-0.3, -0.25) is 14.4 Å². The Labute approximate surface area is 214 Å². The molecular weight excluding hydrogens is 485 g/mol. The fourth-order valence-electron chi connectivity index (χ4n) is 4.31. The number of halogens is 2. The zero-order valence-electron chi connectivity index (χ0n) is 19.4. The number of rotatable bonds is 4. The molecule has 6 nitrogen and oxygen atoms in total. The Balaban J connectivity index is 1.54. The van der Waals surface area contributed by atoms with E-state index < -0.39 is 0 Å². The average molecular weight is 510 g/mol. The molecule has 1 atom stereocenters. The lowest BCUT2D eigenvalue weighted by Gasteiger charge is -2.29. The number of anilines is 2. The van der Waals surface area contributed by atoms with Crippen LogP contribution in [0.3, 0.4) is 0 Å². The summed E-state index contributed by atoms with van der Waals surface area (Å²) in [7, 11) is 1.80. The second-order valence-electron chi connectivity index (χ2n) is 8.49. The maximum Gasteiger partial charge on any atom is 0.258 e. The van der Waals surface area contributed by atoms with E-state index in [0.717, 1.165) is 24.1 Å². The molecule has 0 saturated heterocycles. The second-order valence-corrected chi connectivity index (χ2v) is 9.37. The summed E-state index contributed by atoms with van der Waals surface area (Å²) < 4.78 is 0. The molecule has 35 heavy (non-hydrogen) atoms. The topological polar surface area (TPSA) is 69.7 Å². The Morgan fingerprint density at radius 2 is 1.60 bits per heavy atom. The Bertz CT molecular complexity index is 1260. The van der Waals surface area contributed by atoms with Gasteiger partial charge in [0.1, 0.15) is 0 Å². The molecule has 1 heterocycles. The molecule has 1 unspecified atom stereocenters. The normalized spacial score (nSPS) is 15.1. The number of para-hydroxylation sites is 1. The SMILES string of the molecule is CC(=O)N(C)C1CCCN(C(=O)c2ccc(NC(=O)c3cc(Cl)cc(Cl)c3)cc2)c2ccccc21. The zero-order chi connectivity index (χ0) is 25.1. The molecule has 0 bridgehead atoms. The minimum atomic E-state index is -0.351. The van der Waals surface area contributed by atoms with Gasteiger partial charge in [-0.1, -0.05) is 41.4 Å². The van der Waals surface area contributed by atoms with Crippen molar-refractivity contribution in [3.05, 3.63) is 93.5 Å². The number of amides is 3. The molecule has 3 aromatic carbocycles. The highest BCUT2D eigenvalue weighted by atomic mass is 35.5. The van der Waals surface area contributed by atoms with E-state index >= 15 is 0 Å². The van der Waals surface area contributed by atoms with Gasteiger partial charge in [-0.05, 0) is 66.9 Å². The van der Waals surface area contributed by atoms with Gasteiger partial charge >= 0.3 is 0 Å². The minimum Gasteiger partial charge on any atom is -0.339 e. The van der Waals surface area contributed by atoms with Gasteiger partial charge in [-0.2, -0.15) is 0 Å². The fourth-order valence-corrected chi connectivity index (χ4v) is 4.83. The third-order valence-electron chi connectivity index (χ3n) is 6.17. The lowest BCUT2D eigenvalue weighted by Crippen LogP contribution is -2.32. The maximum absolute atomic E-state index is 13.5. The lowest BCUT2D eigenvalue weighted by atomic mass is 10.00. The van der Waals surface area contributed by atoms with E-state index in [-0.39, 0.29) is 23.8 Å². The van der Waals surface area contributed by atoms with Gasteiger partial charge in [0, 0.05) is 53.1 Å². The van der Waals surface area contributed by atoms with Gasteiger partial charge in [0.15, 0.2) is 0 Å². The van der Waals surface area contributed by atoms with Crippen molar-refractivity contribution < 1.29 is 14.4 Å².